The van der Waals surface area contributed by atoms with E-state index in [4.69, 9.17) is 5.73 Å². The van der Waals surface area contributed by atoms with Gasteiger partial charge in [0.15, 0.2) is 0 Å². The van der Waals surface area contributed by atoms with Gasteiger partial charge in [-0.1, -0.05) is 13.3 Å². The largest absolute Gasteiger partial charge is 0.353 e. The quantitative estimate of drug-likeness (QED) is 0.815. The van der Waals surface area contributed by atoms with Gasteiger partial charge in [0.1, 0.15) is 0 Å². The Morgan fingerprint density at radius 1 is 1.29 bits per heavy atom. The Balaban J connectivity index is 0.00000144. The van der Waals surface area contributed by atoms with E-state index < -0.39 is 0 Å². The van der Waals surface area contributed by atoms with E-state index in [-0.39, 0.29) is 17.8 Å². The number of halogens is 1. The fourth-order valence-electron chi connectivity index (χ4n) is 2.82. The van der Waals surface area contributed by atoms with Gasteiger partial charge >= 0.3 is 0 Å². The minimum Gasteiger partial charge on any atom is -0.353 e. The molecule has 2 saturated carbocycles. The molecule has 2 fully saturated rings. The molecule has 0 spiro atoms. The minimum absolute atomic E-state index is 0. The molecule has 100 valence electrons. The van der Waals surface area contributed by atoms with Crippen molar-refractivity contribution in [2.75, 3.05) is 0 Å². The third kappa shape index (κ3) is 3.59. The highest BCUT2D eigenvalue weighted by Crippen LogP contribution is 2.49. The van der Waals surface area contributed by atoms with Gasteiger partial charge in [-0.25, -0.2) is 0 Å². The van der Waals surface area contributed by atoms with Crippen LogP contribution in [0.15, 0.2) is 0 Å². The van der Waals surface area contributed by atoms with Crippen LogP contribution < -0.4 is 11.1 Å². The molecule has 0 aromatic rings. The topological polar surface area (TPSA) is 55.1 Å². The first-order chi connectivity index (χ1) is 7.66. The molecule has 0 saturated heterocycles. The fourth-order valence-corrected chi connectivity index (χ4v) is 2.82. The van der Waals surface area contributed by atoms with E-state index >= 15 is 0 Å². The van der Waals surface area contributed by atoms with E-state index in [1.54, 1.807) is 0 Å². The first-order valence-electron chi connectivity index (χ1n) is 6.73. The fraction of sp³-hybridized carbons (Fsp3) is 0.923. The lowest BCUT2D eigenvalue weighted by atomic mass is 9.90. The van der Waals surface area contributed by atoms with Crippen molar-refractivity contribution < 1.29 is 4.79 Å². The maximum atomic E-state index is 12.1. The third-order valence-electron chi connectivity index (χ3n) is 4.17. The van der Waals surface area contributed by atoms with Crippen LogP contribution in [0.25, 0.3) is 0 Å². The van der Waals surface area contributed by atoms with Crippen LogP contribution in [-0.4, -0.2) is 18.0 Å². The van der Waals surface area contributed by atoms with Crippen molar-refractivity contribution in [3.63, 3.8) is 0 Å². The first-order valence-corrected chi connectivity index (χ1v) is 6.73. The molecule has 4 heteroatoms. The van der Waals surface area contributed by atoms with Crippen molar-refractivity contribution in [3.8, 4) is 0 Å². The smallest absolute Gasteiger partial charge is 0.226 e. The molecule has 0 heterocycles. The van der Waals surface area contributed by atoms with Crippen LogP contribution in [-0.2, 0) is 4.79 Å². The predicted octanol–water partition coefficient (Wildman–Crippen LogP) is 2.37. The van der Waals surface area contributed by atoms with Crippen molar-refractivity contribution in [1.29, 1.82) is 0 Å². The van der Waals surface area contributed by atoms with Crippen molar-refractivity contribution in [2.45, 2.75) is 70.4 Å². The second-order valence-corrected chi connectivity index (χ2v) is 5.62. The highest BCUT2D eigenvalue weighted by Gasteiger charge is 2.49. The molecular weight excluding hydrogens is 236 g/mol. The first kappa shape index (κ1) is 14.8. The molecule has 0 aromatic heterocycles. The van der Waals surface area contributed by atoms with Crippen molar-refractivity contribution in [2.24, 2.45) is 11.1 Å². The Kier molecular flexibility index (Phi) is 5.26. The van der Waals surface area contributed by atoms with Gasteiger partial charge in [0.25, 0.3) is 0 Å². The van der Waals surface area contributed by atoms with Crippen LogP contribution in [0.3, 0.4) is 0 Å². The molecule has 0 bridgehead atoms. The van der Waals surface area contributed by atoms with Crippen molar-refractivity contribution in [3.05, 3.63) is 0 Å². The van der Waals surface area contributed by atoms with E-state index in [1.807, 2.05) is 0 Å². The summed E-state index contributed by atoms with van der Waals surface area (Å²) in [7, 11) is 0. The molecular formula is C13H25ClN2O. The van der Waals surface area contributed by atoms with Crippen molar-refractivity contribution >= 4 is 18.3 Å². The summed E-state index contributed by atoms with van der Waals surface area (Å²) in [6.07, 6.45) is 8.62. The average Bonchev–Trinajstić information content (AvgIpc) is 3.03. The second kappa shape index (κ2) is 6.05. The number of carbonyl (C=O) groups is 1. The predicted molar refractivity (Wildman–Crippen MR) is 72.2 cm³/mol. The lowest BCUT2D eigenvalue weighted by Gasteiger charge is -2.28. The van der Waals surface area contributed by atoms with Gasteiger partial charge in [0, 0.05) is 17.5 Å². The monoisotopic (exact) mass is 260 g/mol. The zero-order valence-electron chi connectivity index (χ0n) is 10.7. The summed E-state index contributed by atoms with van der Waals surface area (Å²) in [6, 6.07) is 0.750. The summed E-state index contributed by atoms with van der Waals surface area (Å²) in [5.41, 5.74) is 5.88. The van der Waals surface area contributed by atoms with E-state index in [0.29, 0.717) is 18.0 Å². The maximum Gasteiger partial charge on any atom is 0.226 e. The Morgan fingerprint density at radius 3 is 2.35 bits per heavy atom. The summed E-state index contributed by atoms with van der Waals surface area (Å²) in [4.78, 5) is 12.1. The minimum atomic E-state index is 0. The molecule has 2 aliphatic rings. The van der Waals surface area contributed by atoms with Crippen molar-refractivity contribution in [1.82, 2.24) is 5.32 Å². The van der Waals surface area contributed by atoms with Gasteiger partial charge in [-0.3, -0.25) is 4.79 Å². The Morgan fingerprint density at radius 2 is 1.88 bits per heavy atom. The van der Waals surface area contributed by atoms with Gasteiger partial charge in [-0.05, 0) is 44.9 Å². The number of nitrogens with one attached hydrogen (secondary N) is 1. The Bertz CT molecular complexity index is 258. The van der Waals surface area contributed by atoms with Crippen LogP contribution in [0, 0.1) is 5.41 Å². The zero-order valence-corrected chi connectivity index (χ0v) is 11.5. The van der Waals surface area contributed by atoms with Crippen LogP contribution in [0.5, 0.6) is 0 Å². The molecule has 0 radical (unpaired) electrons. The standard InChI is InChI=1S/C13H24N2O.ClH/c1-2-7-13(8-9-13)12(16)15-11-5-3-10(14)4-6-11;/h10-11H,2-9,14H2,1H3,(H,15,16);1H. The molecule has 1 amide bonds. The highest BCUT2D eigenvalue weighted by molar-refractivity contribution is 5.85. The molecule has 2 rings (SSSR count). The molecule has 0 aromatic carbocycles. The number of carbonyl (C=O) groups excluding carboxylic acids is 1. The van der Waals surface area contributed by atoms with Crippen LogP contribution >= 0.6 is 12.4 Å². The third-order valence-corrected chi connectivity index (χ3v) is 4.17. The molecule has 17 heavy (non-hydrogen) atoms. The number of rotatable bonds is 4. The molecule has 3 N–H and O–H groups in total. The summed E-state index contributed by atoms with van der Waals surface area (Å²) < 4.78 is 0. The van der Waals surface area contributed by atoms with E-state index in [9.17, 15) is 4.79 Å². The number of hydrogen-bond acceptors (Lipinski definition) is 2. The Labute approximate surface area is 110 Å². The summed E-state index contributed by atoms with van der Waals surface area (Å²) in [5.74, 6) is 0.315. The highest BCUT2D eigenvalue weighted by atomic mass is 35.5. The van der Waals surface area contributed by atoms with E-state index in [1.165, 1.54) is 0 Å². The lowest BCUT2D eigenvalue weighted by Crippen LogP contribution is -2.43. The van der Waals surface area contributed by atoms with Gasteiger partial charge in [0.2, 0.25) is 5.91 Å². The van der Waals surface area contributed by atoms with Gasteiger partial charge < -0.3 is 11.1 Å². The number of nitrogens with two attached hydrogens (primary N) is 1. The summed E-state index contributed by atoms with van der Waals surface area (Å²) in [5, 5.41) is 3.23. The molecule has 3 nitrogen and oxygen atoms in total. The Hall–Kier alpha value is -0.280. The second-order valence-electron chi connectivity index (χ2n) is 5.62. The van der Waals surface area contributed by atoms with Crippen LogP contribution in [0.1, 0.15) is 58.3 Å². The summed E-state index contributed by atoms with van der Waals surface area (Å²) >= 11 is 0. The molecule has 2 aliphatic carbocycles. The van der Waals surface area contributed by atoms with Crippen LogP contribution in [0.2, 0.25) is 0 Å². The van der Waals surface area contributed by atoms with Gasteiger partial charge in [-0.2, -0.15) is 0 Å². The van der Waals surface area contributed by atoms with Gasteiger partial charge in [0.05, 0.1) is 0 Å². The number of amides is 1. The van der Waals surface area contributed by atoms with E-state index in [0.717, 1.165) is 51.4 Å². The lowest BCUT2D eigenvalue weighted by molar-refractivity contribution is -0.127. The molecule has 0 unspecified atom stereocenters. The SMILES string of the molecule is CCCC1(C(=O)NC2CCC(N)CC2)CC1.Cl. The maximum absolute atomic E-state index is 12.1. The van der Waals surface area contributed by atoms with Crippen LogP contribution in [0.4, 0.5) is 0 Å². The average molecular weight is 261 g/mol. The zero-order chi connectivity index (χ0) is 11.6. The van der Waals surface area contributed by atoms with E-state index in [2.05, 4.69) is 12.2 Å². The number of hydrogen-bond donors (Lipinski definition) is 2. The summed E-state index contributed by atoms with van der Waals surface area (Å²) in [6.45, 7) is 2.16. The molecule has 0 atom stereocenters. The van der Waals surface area contributed by atoms with Gasteiger partial charge in [-0.15, -0.1) is 12.4 Å². The normalized spacial score (nSPS) is 30.2. The molecule has 0 aliphatic heterocycles.